The number of nitrogens with two attached hydrogens (primary N) is 1. The summed E-state index contributed by atoms with van der Waals surface area (Å²) in [7, 11) is 0. The van der Waals surface area contributed by atoms with Gasteiger partial charge in [0.1, 0.15) is 0 Å². The van der Waals surface area contributed by atoms with Crippen LogP contribution in [0.5, 0.6) is 0 Å². The lowest BCUT2D eigenvalue weighted by atomic mass is 9.95. The van der Waals surface area contributed by atoms with Crippen molar-refractivity contribution in [2.45, 2.75) is 25.8 Å². The van der Waals surface area contributed by atoms with Crippen LogP contribution in [0.1, 0.15) is 19.8 Å². The molecule has 0 aliphatic carbocycles. The molecule has 2 amide bonds. The molecule has 1 aromatic rings. The van der Waals surface area contributed by atoms with Crippen LogP contribution in [0.25, 0.3) is 0 Å². The molecule has 0 spiro atoms. The first-order valence-electron chi connectivity index (χ1n) is 7.39. The molecule has 1 fully saturated rings. The van der Waals surface area contributed by atoms with E-state index in [4.69, 9.17) is 5.73 Å². The van der Waals surface area contributed by atoms with E-state index in [-0.39, 0.29) is 11.8 Å². The van der Waals surface area contributed by atoms with Gasteiger partial charge >= 0.3 is 0 Å². The van der Waals surface area contributed by atoms with E-state index in [9.17, 15) is 22.8 Å². The highest BCUT2D eigenvalue weighted by Gasteiger charge is 2.32. The number of likely N-dealkylation sites (tertiary alicyclic amines) is 1. The number of hydrogen-bond acceptors (Lipinski definition) is 2. The number of hydrogen-bond donors (Lipinski definition) is 3. The number of carbonyl (C=O) groups excluding carboxylic acids is 2. The lowest BCUT2D eigenvalue weighted by Crippen LogP contribution is -3.17. The van der Waals surface area contributed by atoms with Gasteiger partial charge in [-0.25, -0.2) is 13.2 Å². The predicted molar refractivity (Wildman–Crippen MR) is 77.0 cm³/mol. The Hall–Kier alpha value is -2.09. The fourth-order valence-corrected chi connectivity index (χ4v) is 2.75. The van der Waals surface area contributed by atoms with E-state index in [0.717, 1.165) is 17.0 Å². The lowest BCUT2D eigenvalue weighted by Gasteiger charge is -2.31. The van der Waals surface area contributed by atoms with Gasteiger partial charge in [-0.1, -0.05) is 0 Å². The van der Waals surface area contributed by atoms with Crippen molar-refractivity contribution in [3.63, 3.8) is 0 Å². The molecule has 1 aliphatic rings. The van der Waals surface area contributed by atoms with Gasteiger partial charge in [0.25, 0.3) is 5.91 Å². The van der Waals surface area contributed by atoms with Gasteiger partial charge in [-0.3, -0.25) is 9.59 Å². The third-order valence-electron chi connectivity index (χ3n) is 4.33. The van der Waals surface area contributed by atoms with Gasteiger partial charge in [0.05, 0.1) is 18.8 Å². The number of piperidine rings is 1. The van der Waals surface area contributed by atoms with Crippen molar-refractivity contribution in [2.24, 2.45) is 11.7 Å². The second-order valence-corrected chi connectivity index (χ2v) is 5.77. The lowest BCUT2D eigenvalue weighted by molar-refractivity contribution is -0.919. The van der Waals surface area contributed by atoms with Crippen LogP contribution in [0.2, 0.25) is 0 Å². The van der Waals surface area contributed by atoms with E-state index in [0.29, 0.717) is 25.9 Å². The molecule has 0 unspecified atom stereocenters. The Morgan fingerprint density at radius 2 is 1.83 bits per heavy atom. The molecule has 1 atom stereocenters. The third-order valence-corrected chi connectivity index (χ3v) is 4.33. The average molecular weight is 330 g/mol. The van der Waals surface area contributed by atoms with E-state index in [1.54, 1.807) is 6.92 Å². The van der Waals surface area contributed by atoms with E-state index in [1.807, 2.05) is 0 Å². The van der Waals surface area contributed by atoms with Crippen molar-refractivity contribution in [1.29, 1.82) is 0 Å². The summed E-state index contributed by atoms with van der Waals surface area (Å²) in [5.41, 5.74) is 4.86. The normalized spacial score (nSPS) is 22.4. The number of quaternary nitrogens is 1. The highest BCUT2D eigenvalue weighted by molar-refractivity contribution is 5.93. The van der Waals surface area contributed by atoms with Gasteiger partial charge in [-0.05, 0) is 19.1 Å². The van der Waals surface area contributed by atoms with Crippen LogP contribution in [0.4, 0.5) is 18.9 Å². The summed E-state index contributed by atoms with van der Waals surface area (Å²) in [6.07, 6.45) is 1.17. The molecular weight excluding hydrogens is 311 g/mol. The quantitative estimate of drug-likeness (QED) is 0.691. The SMILES string of the molecule is C[C@@H](C(=O)Nc1ccc(F)c(F)c1F)[NH+]1CCC(C(N)=O)CC1. The predicted octanol–water partition coefficient (Wildman–Crippen LogP) is 0.211. The third kappa shape index (κ3) is 3.82. The van der Waals surface area contributed by atoms with Crippen LogP contribution in [0, 0.1) is 23.4 Å². The highest BCUT2D eigenvalue weighted by atomic mass is 19.2. The first kappa shape index (κ1) is 17.3. The van der Waals surface area contributed by atoms with E-state index in [2.05, 4.69) is 5.32 Å². The number of halogens is 3. The maximum atomic E-state index is 13.6. The number of carbonyl (C=O) groups is 2. The minimum absolute atomic E-state index is 0.183. The second-order valence-electron chi connectivity index (χ2n) is 5.77. The van der Waals surface area contributed by atoms with Crippen LogP contribution in [-0.4, -0.2) is 30.9 Å². The van der Waals surface area contributed by atoms with Gasteiger partial charge in [0.2, 0.25) is 5.91 Å². The molecule has 23 heavy (non-hydrogen) atoms. The summed E-state index contributed by atoms with van der Waals surface area (Å²) in [5, 5.41) is 2.28. The molecule has 2 rings (SSSR count). The zero-order valence-corrected chi connectivity index (χ0v) is 12.7. The van der Waals surface area contributed by atoms with Crippen LogP contribution in [0.15, 0.2) is 12.1 Å². The van der Waals surface area contributed by atoms with Crippen molar-refractivity contribution in [1.82, 2.24) is 0 Å². The molecule has 126 valence electrons. The highest BCUT2D eigenvalue weighted by Crippen LogP contribution is 2.19. The summed E-state index contributed by atoms with van der Waals surface area (Å²) in [6.45, 7) is 2.83. The van der Waals surface area contributed by atoms with Crippen molar-refractivity contribution >= 4 is 17.5 Å². The largest absolute Gasteiger partial charge is 0.369 e. The van der Waals surface area contributed by atoms with Crippen LogP contribution < -0.4 is 16.0 Å². The Morgan fingerprint density at radius 3 is 2.39 bits per heavy atom. The summed E-state index contributed by atoms with van der Waals surface area (Å²) >= 11 is 0. The Labute approximate surface area is 131 Å². The number of nitrogens with one attached hydrogen (secondary N) is 2. The summed E-state index contributed by atoms with van der Waals surface area (Å²) in [5.74, 6) is -5.38. The Morgan fingerprint density at radius 1 is 1.22 bits per heavy atom. The molecule has 1 heterocycles. The molecule has 0 saturated carbocycles. The van der Waals surface area contributed by atoms with Crippen LogP contribution in [-0.2, 0) is 9.59 Å². The maximum Gasteiger partial charge on any atom is 0.282 e. The molecule has 1 aromatic carbocycles. The van der Waals surface area contributed by atoms with Gasteiger partial charge in [-0.2, -0.15) is 0 Å². The van der Waals surface area contributed by atoms with Gasteiger partial charge in [-0.15, -0.1) is 0 Å². The summed E-state index contributed by atoms with van der Waals surface area (Å²) in [4.78, 5) is 24.2. The Bertz CT molecular complexity index is 616. The molecule has 1 aliphatic heterocycles. The molecule has 0 radical (unpaired) electrons. The standard InChI is InChI=1S/C15H18F3N3O2/c1-8(21-6-4-9(5-7-21)14(19)22)15(23)20-11-3-2-10(16)12(17)13(11)18/h2-3,8-9H,4-7H2,1H3,(H2,19,22)(H,20,23)/p+1/t8-/m0/s1. The van der Waals surface area contributed by atoms with Crippen molar-refractivity contribution < 1.29 is 27.7 Å². The zero-order valence-electron chi connectivity index (χ0n) is 12.7. The van der Waals surface area contributed by atoms with Gasteiger partial charge in [0.15, 0.2) is 23.5 Å². The number of anilines is 1. The molecule has 0 bridgehead atoms. The zero-order chi connectivity index (χ0) is 17.1. The van der Waals surface area contributed by atoms with Crippen LogP contribution >= 0.6 is 0 Å². The van der Waals surface area contributed by atoms with Crippen molar-refractivity contribution in [3.8, 4) is 0 Å². The van der Waals surface area contributed by atoms with E-state index >= 15 is 0 Å². The molecule has 5 nitrogen and oxygen atoms in total. The number of amides is 2. The van der Waals surface area contributed by atoms with E-state index in [1.165, 1.54) is 0 Å². The Kier molecular flexibility index (Phi) is 5.25. The van der Waals surface area contributed by atoms with Crippen molar-refractivity contribution in [3.05, 3.63) is 29.6 Å². The smallest absolute Gasteiger partial charge is 0.282 e. The molecule has 0 aromatic heterocycles. The fourth-order valence-electron chi connectivity index (χ4n) is 2.75. The monoisotopic (exact) mass is 330 g/mol. The fraction of sp³-hybridized carbons (Fsp3) is 0.467. The number of benzene rings is 1. The van der Waals surface area contributed by atoms with Crippen LogP contribution in [0.3, 0.4) is 0 Å². The number of primary amides is 1. The minimum Gasteiger partial charge on any atom is -0.369 e. The average Bonchev–Trinajstić information content (AvgIpc) is 2.54. The van der Waals surface area contributed by atoms with E-state index < -0.39 is 35.1 Å². The molecule has 4 N–H and O–H groups in total. The summed E-state index contributed by atoms with van der Waals surface area (Å²) < 4.78 is 39.6. The van der Waals surface area contributed by atoms with Crippen molar-refractivity contribution in [2.75, 3.05) is 18.4 Å². The molecule has 8 heteroatoms. The maximum absolute atomic E-state index is 13.6. The molecular formula is C15H19F3N3O2+. The first-order valence-corrected chi connectivity index (χ1v) is 7.39. The topological polar surface area (TPSA) is 76.6 Å². The second kappa shape index (κ2) is 6.99. The number of rotatable bonds is 4. The molecule has 1 saturated heterocycles. The summed E-state index contributed by atoms with van der Waals surface area (Å²) in [6, 6.07) is 1.22. The minimum atomic E-state index is -1.62. The van der Waals surface area contributed by atoms with Gasteiger partial charge < -0.3 is 16.0 Å². The first-order chi connectivity index (χ1) is 10.8. The Balaban J connectivity index is 1.99. The van der Waals surface area contributed by atoms with Gasteiger partial charge in [0, 0.05) is 18.8 Å².